The van der Waals surface area contributed by atoms with Crippen molar-refractivity contribution in [3.8, 4) is 22.4 Å². The predicted molar refractivity (Wildman–Crippen MR) is 144 cm³/mol. The van der Waals surface area contributed by atoms with Gasteiger partial charge in [-0.15, -0.1) is 0 Å². The maximum atomic E-state index is 10.7. The van der Waals surface area contributed by atoms with Crippen LogP contribution >= 0.6 is 23.4 Å². The van der Waals surface area contributed by atoms with Crippen LogP contribution in [0.2, 0.25) is 5.02 Å². The highest BCUT2D eigenvalue weighted by Crippen LogP contribution is 2.38. The van der Waals surface area contributed by atoms with Crippen LogP contribution in [0.4, 0.5) is 0 Å². The summed E-state index contributed by atoms with van der Waals surface area (Å²) in [5.41, 5.74) is 5.69. The Bertz CT molecular complexity index is 1110. The molecule has 7 heteroatoms. The molecule has 1 aliphatic carbocycles. The Balaban J connectivity index is 1.60. The minimum atomic E-state index is -0.903. The number of carboxylic acid groups (broad SMARTS) is 1. The lowest BCUT2D eigenvalue weighted by atomic mass is 9.82. The minimum Gasteiger partial charge on any atom is -0.480 e. The van der Waals surface area contributed by atoms with Gasteiger partial charge < -0.3 is 9.84 Å². The van der Waals surface area contributed by atoms with Crippen LogP contribution in [0.1, 0.15) is 31.4 Å². The molecule has 1 aliphatic rings. The van der Waals surface area contributed by atoms with E-state index in [0.717, 1.165) is 66.2 Å². The largest absolute Gasteiger partial charge is 0.480 e. The van der Waals surface area contributed by atoms with E-state index in [1.807, 2.05) is 36.0 Å². The number of benzene rings is 2. The Hall–Kier alpha value is -2.28. The molecule has 1 N–H and O–H groups in total. The highest BCUT2D eigenvalue weighted by atomic mass is 35.5. The second kappa shape index (κ2) is 12.6. The first-order valence-corrected chi connectivity index (χ1v) is 14.0. The summed E-state index contributed by atoms with van der Waals surface area (Å²) < 4.78 is 7.60. The summed E-state index contributed by atoms with van der Waals surface area (Å²) in [5, 5.41) is 14.7. The molecule has 0 atom stereocenters. The number of hydrogen-bond donors (Lipinski definition) is 1. The van der Waals surface area contributed by atoms with Crippen molar-refractivity contribution in [1.29, 1.82) is 0 Å². The first-order valence-electron chi connectivity index (χ1n) is 12.2. The van der Waals surface area contributed by atoms with Crippen molar-refractivity contribution in [2.45, 2.75) is 38.6 Å². The zero-order chi connectivity index (χ0) is 24.6. The molecule has 5 nitrogen and oxygen atoms in total. The van der Waals surface area contributed by atoms with Gasteiger partial charge in [0.2, 0.25) is 0 Å². The van der Waals surface area contributed by atoms with Crippen LogP contribution in [0.25, 0.3) is 22.4 Å². The molecule has 0 radical (unpaired) electrons. The Labute approximate surface area is 216 Å². The van der Waals surface area contributed by atoms with Crippen LogP contribution in [-0.4, -0.2) is 46.1 Å². The molecular formula is C28H33ClN2O3S. The topological polar surface area (TPSA) is 64.4 Å². The van der Waals surface area contributed by atoms with Crippen LogP contribution in [0, 0.1) is 11.8 Å². The quantitative estimate of drug-likeness (QED) is 0.310. The number of aromatic nitrogens is 2. The molecular weight excluding hydrogens is 480 g/mol. The smallest absolute Gasteiger partial charge is 0.329 e. The predicted octanol–water partition coefficient (Wildman–Crippen LogP) is 6.68. The van der Waals surface area contributed by atoms with E-state index in [1.165, 1.54) is 11.3 Å². The molecule has 0 saturated heterocycles. The summed E-state index contributed by atoms with van der Waals surface area (Å²) in [6, 6.07) is 18.5. The van der Waals surface area contributed by atoms with Gasteiger partial charge in [-0.2, -0.15) is 16.9 Å². The van der Waals surface area contributed by atoms with Gasteiger partial charge in [0.1, 0.15) is 12.3 Å². The number of nitrogens with zero attached hydrogens (tertiary/aromatic N) is 2. The molecule has 1 aromatic heterocycles. The second-order valence-corrected chi connectivity index (χ2v) is 10.7. The van der Waals surface area contributed by atoms with E-state index >= 15 is 0 Å². The van der Waals surface area contributed by atoms with Crippen molar-refractivity contribution in [1.82, 2.24) is 9.78 Å². The molecule has 186 valence electrons. The molecule has 0 bridgehead atoms. The van der Waals surface area contributed by atoms with E-state index in [9.17, 15) is 4.79 Å². The molecule has 0 spiro atoms. The van der Waals surface area contributed by atoms with E-state index in [0.29, 0.717) is 18.4 Å². The minimum absolute atomic E-state index is 0.208. The lowest BCUT2D eigenvalue weighted by molar-refractivity contribution is -0.142. The van der Waals surface area contributed by atoms with Crippen LogP contribution in [0.15, 0.2) is 54.6 Å². The summed E-state index contributed by atoms with van der Waals surface area (Å²) in [5.74, 6) is 1.12. The van der Waals surface area contributed by atoms with Crippen molar-refractivity contribution in [3.05, 3.63) is 65.3 Å². The second-order valence-electron chi connectivity index (χ2n) is 9.27. The van der Waals surface area contributed by atoms with Gasteiger partial charge in [-0.25, -0.2) is 4.79 Å². The highest BCUT2D eigenvalue weighted by Gasteiger charge is 2.26. The molecule has 1 heterocycles. The molecule has 0 aliphatic heterocycles. The lowest BCUT2D eigenvalue weighted by Crippen LogP contribution is -2.24. The molecule has 35 heavy (non-hydrogen) atoms. The average molecular weight is 513 g/mol. The van der Waals surface area contributed by atoms with E-state index in [1.54, 1.807) is 0 Å². The standard InChI is InChI=1S/C28H33ClN2O3S/c1-35-15-14-25-27(23-8-5-9-24(29)16-23)28(22-6-3-2-4-7-22)30-31(25)17-20-10-12-21(13-11-20)18-34-19-26(32)33/h2-9,16,20-21H,10-15,17-19H2,1H3,(H,32,33). The fourth-order valence-corrected chi connectivity index (χ4v) is 5.57. The summed E-state index contributed by atoms with van der Waals surface area (Å²) in [6.45, 7) is 1.23. The van der Waals surface area contributed by atoms with E-state index in [-0.39, 0.29) is 6.61 Å². The Morgan fingerprint density at radius 1 is 1.09 bits per heavy atom. The maximum Gasteiger partial charge on any atom is 0.329 e. The third-order valence-corrected chi connectivity index (χ3v) is 7.59. The number of rotatable bonds is 11. The Morgan fingerprint density at radius 2 is 1.80 bits per heavy atom. The summed E-state index contributed by atoms with van der Waals surface area (Å²) >= 11 is 8.26. The number of halogens is 1. The van der Waals surface area contributed by atoms with Gasteiger partial charge in [0, 0.05) is 28.4 Å². The van der Waals surface area contributed by atoms with E-state index < -0.39 is 5.97 Å². The van der Waals surface area contributed by atoms with Gasteiger partial charge >= 0.3 is 5.97 Å². The van der Waals surface area contributed by atoms with Gasteiger partial charge in [0.25, 0.3) is 0 Å². The molecule has 0 unspecified atom stereocenters. The maximum absolute atomic E-state index is 10.7. The highest BCUT2D eigenvalue weighted by molar-refractivity contribution is 7.98. The number of carboxylic acids is 1. The number of aliphatic carboxylic acids is 1. The lowest BCUT2D eigenvalue weighted by Gasteiger charge is -2.28. The van der Waals surface area contributed by atoms with Crippen molar-refractivity contribution in [2.24, 2.45) is 11.8 Å². The third kappa shape index (κ3) is 6.90. The van der Waals surface area contributed by atoms with E-state index in [4.69, 9.17) is 26.5 Å². The van der Waals surface area contributed by atoms with Crippen molar-refractivity contribution >= 4 is 29.3 Å². The molecule has 1 saturated carbocycles. The van der Waals surface area contributed by atoms with Crippen molar-refractivity contribution < 1.29 is 14.6 Å². The van der Waals surface area contributed by atoms with Gasteiger partial charge in [0.15, 0.2) is 0 Å². The number of ether oxygens (including phenoxy) is 1. The van der Waals surface area contributed by atoms with Crippen LogP contribution in [-0.2, 0) is 22.5 Å². The first kappa shape index (κ1) is 25.8. The summed E-state index contributed by atoms with van der Waals surface area (Å²) in [6.07, 6.45) is 7.44. The average Bonchev–Trinajstić information content (AvgIpc) is 3.22. The van der Waals surface area contributed by atoms with Crippen LogP contribution < -0.4 is 0 Å². The zero-order valence-electron chi connectivity index (χ0n) is 20.2. The molecule has 1 fully saturated rings. The summed E-state index contributed by atoms with van der Waals surface area (Å²) in [4.78, 5) is 10.7. The first-order chi connectivity index (χ1) is 17.0. The zero-order valence-corrected chi connectivity index (χ0v) is 21.7. The van der Waals surface area contributed by atoms with E-state index in [2.05, 4.69) is 41.3 Å². The molecule has 2 aromatic carbocycles. The SMILES string of the molecule is CSCCc1c(-c2cccc(Cl)c2)c(-c2ccccc2)nn1CC1CCC(COCC(=O)O)CC1. The monoisotopic (exact) mass is 512 g/mol. The van der Waals surface area contributed by atoms with Crippen LogP contribution in [0.3, 0.4) is 0 Å². The molecule has 3 aromatic rings. The van der Waals surface area contributed by atoms with Gasteiger partial charge in [-0.3, -0.25) is 4.68 Å². The number of hydrogen-bond acceptors (Lipinski definition) is 4. The number of thioether (sulfide) groups is 1. The number of carbonyl (C=O) groups is 1. The van der Waals surface area contributed by atoms with Gasteiger partial charge in [-0.1, -0.05) is 54.1 Å². The molecule has 4 rings (SSSR count). The van der Waals surface area contributed by atoms with Crippen molar-refractivity contribution in [2.75, 3.05) is 25.2 Å². The fourth-order valence-electron chi connectivity index (χ4n) is 4.98. The van der Waals surface area contributed by atoms with Crippen molar-refractivity contribution in [3.63, 3.8) is 0 Å². The van der Waals surface area contributed by atoms with Gasteiger partial charge in [-0.05, 0) is 73.6 Å². The third-order valence-electron chi connectivity index (χ3n) is 6.74. The summed E-state index contributed by atoms with van der Waals surface area (Å²) in [7, 11) is 0. The van der Waals surface area contributed by atoms with Crippen LogP contribution in [0.5, 0.6) is 0 Å². The molecule has 0 amide bonds. The van der Waals surface area contributed by atoms with Gasteiger partial charge in [0.05, 0.1) is 6.61 Å². The normalized spacial score (nSPS) is 18.0. The fraction of sp³-hybridized carbons (Fsp3) is 0.429. The Kier molecular flexibility index (Phi) is 9.30. The Morgan fingerprint density at radius 3 is 2.49 bits per heavy atom.